The molecule has 0 radical (unpaired) electrons. The van der Waals surface area contributed by atoms with Crippen LogP contribution in [0.1, 0.15) is 57.2 Å². The Labute approximate surface area is 261 Å². The molecule has 8 rings (SSSR count). The summed E-state index contributed by atoms with van der Waals surface area (Å²) in [7, 11) is 0. The fourth-order valence-electron chi connectivity index (χ4n) is 8.54. The molecular formula is C35H39F2N5O3. The van der Waals surface area contributed by atoms with E-state index in [0.717, 1.165) is 51.7 Å². The number of aryl methyl sites for hydroxylation is 2. The van der Waals surface area contributed by atoms with E-state index < -0.39 is 5.82 Å². The largest absolute Gasteiger partial charge is 0.508 e. The maximum absolute atomic E-state index is 17.1. The second-order valence-electron chi connectivity index (χ2n) is 13.4. The van der Waals surface area contributed by atoms with Gasteiger partial charge in [0.1, 0.15) is 35.2 Å². The molecule has 3 saturated heterocycles. The molecule has 8 nitrogen and oxygen atoms in total. The minimum atomic E-state index is -0.625. The summed E-state index contributed by atoms with van der Waals surface area (Å²) in [4.78, 5) is 19.4. The van der Waals surface area contributed by atoms with E-state index >= 15 is 8.78 Å². The fourth-order valence-corrected chi connectivity index (χ4v) is 8.54. The highest BCUT2D eigenvalue weighted by molar-refractivity contribution is 6.02. The van der Waals surface area contributed by atoms with Crippen molar-refractivity contribution >= 4 is 27.5 Å². The number of hydrogen-bond acceptors (Lipinski definition) is 8. The Morgan fingerprint density at radius 1 is 1.11 bits per heavy atom. The number of phenols is 1. The lowest BCUT2D eigenvalue weighted by Crippen LogP contribution is -2.43. The molecule has 236 valence electrons. The van der Waals surface area contributed by atoms with Crippen molar-refractivity contribution in [3.63, 3.8) is 0 Å². The summed E-state index contributed by atoms with van der Waals surface area (Å²) >= 11 is 0. The average Bonchev–Trinajstić information content (AvgIpc) is 3.38. The normalized spacial score (nSPS) is 24.9. The number of nitrogens with zero attached hydrogens (tertiary/aromatic N) is 5. The van der Waals surface area contributed by atoms with Gasteiger partial charge in [-0.25, -0.2) is 13.8 Å². The molecule has 10 heteroatoms. The number of benzene rings is 2. The van der Waals surface area contributed by atoms with Gasteiger partial charge in [0.2, 0.25) is 0 Å². The second kappa shape index (κ2) is 11.0. The first kappa shape index (κ1) is 28.8. The minimum Gasteiger partial charge on any atom is -0.508 e. The zero-order valence-electron chi connectivity index (χ0n) is 25.9. The molecule has 4 aromatic rings. The van der Waals surface area contributed by atoms with E-state index in [0.29, 0.717) is 77.4 Å². The van der Waals surface area contributed by atoms with Crippen molar-refractivity contribution in [1.82, 2.24) is 19.9 Å². The number of rotatable bonds is 5. The zero-order valence-corrected chi connectivity index (χ0v) is 25.9. The molecule has 0 saturated carbocycles. The van der Waals surface area contributed by atoms with Gasteiger partial charge in [0, 0.05) is 25.3 Å². The summed E-state index contributed by atoms with van der Waals surface area (Å²) in [6.07, 6.45) is 5.83. The van der Waals surface area contributed by atoms with Gasteiger partial charge >= 0.3 is 6.01 Å². The molecule has 4 aliphatic rings. The first-order valence-electron chi connectivity index (χ1n) is 16.4. The predicted octanol–water partition coefficient (Wildman–Crippen LogP) is 6.19. The highest BCUT2D eigenvalue weighted by atomic mass is 19.1. The number of fused-ring (bicyclic) bond motifs is 4. The van der Waals surface area contributed by atoms with E-state index in [9.17, 15) is 5.11 Å². The molecule has 0 spiro atoms. The van der Waals surface area contributed by atoms with E-state index in [4.69, 9.17) is 24.4 Å². The van der Waals surface area contributed by atoms with E-state index in [1.807, 2.05) is 6.92 Å². The molecule has 1 N–H and O–H groups in total. The van der Waals surface area contributed by atoms with Crippen LogP contribution < -0.4 is 9.64 Å². The highest BCUT2D eigenvalue weighted by Crippen LogP contribution is 2.44. The van der Waals surface area contributed by atoms with Gasteiger partial charge in [0.15, 0.2) is 5.82 Å². The maximum Gasteiger partial charge on any atom is 0.319 e. The van der Waals surface area contributed by atoms with Crippen LogP contribution in [0.3, 0.4) is 0 Å². The Bertz CT molecular complexity index is 1820. The van der Waals surface area contributed by atoms with Gasteiger partial charge < -0.3 is 19.5 Å². The summed E-state index contributed by atoms with van der Waals surface area (Å²) in [6, 6.07) is 6.28. The van der Waals surface area contributed by atoms with E-state index in [1.54, 1.807) is 12.1 Å². The second-order valence-corrected chi connectivity index (χ2v) is 13.4. The Morgan fingerprint density at radius 3 is 2.87 bits per heavy atom. The van der Waals surface area contributed by atoms with Gasteiger partial charge in [-0.1, -0.05) is 19.9 Å². The number of halogens is 2. The van der Waals surface area contributed by atoms with Crippen molar-refractivity contribution in [2.24, 2.45) is 5.92 Å². The molecule has 3 atom stereocenters. The van der Waals surface area contributed by atoms with Crippen LogP contribution in [0.15, 0.2) is 24.3 Å². The van der Waals surface area contributed by atoms with Crippen molar-refractivity contribution < 1.29 is 23.4 Å². The summed E-state index contributed by atoms with van der Waals surface area (Å²) in [5.74, 6) is 0.198. The van der Waals surface area contributed by atoms with Gasteiger partial charge in [-0.05, 0) is 91.9 Å². The number of aromatic hydroxyl groups is 1. The molecule has 3 fully saturated rings. The predicted molar refractivity (Wildman–Crippen MR) is 169 cm³/mol. The molecule has 0 bridgehead atoms. The minimum absolute atomic E-state index is 0.0394. The van der Waals surface area contributed by atoms with Gasteiger partial charge in [0.05, 0.1) is 29.3 Å². The number of ether oxygens (including phenoxy) is 2. The lowest BCUT2D eigenvalue weighted by molar-refractivity contribution is 0.107. The molecular weight excluding hydrogens is 576 g/mol. The molecule has 3 unspecified atom stereocenters. The Balaban J connectivity index is 1.33. The van der Waals surface area contributed by atoms with Crippen LogP contribution in [0.2, 0.25) is 0 Å². The first-order chi connectivity index (χ1) is 21.8. The van der Waals surface area contributed by atoms with Crippen LogP contribution in [-0.2, 0) is 17.6 Å². The summed E-state index contributed by atoms with van der Waals surface area (Å²) in [6.45, 7) is 8.69. The number of anilines is 1. The lowest BCUT2D eigenvalue weighted by Gasteiger charge is -2.32. The molecule has 4 aliphatic heterocycles. The molecule has 0 aliphatic carbocycles. The van der Waals surface area contributed by atoms with Crippen LogP contribution in [0.4, 0.5) is 14.6 Å². The number of pyridine rings is 1. The molecule has 6 heterocycles. The van der Waals surface area contributed by atoms with Crippen LogP contribution in [0.25, 0.3) is 32.9 Å². The molecule has 45 heavy (non-hydrogen) atoms. The maximum atomic E-state index is 17.1. The van der Waals surface area contributed by atoms with Crippen molar-refractivity contribution in [2.45, 2.75) is 70.4 Å². The quantitative estimate of drug-likeness (QED) is 0.285. The van der Waals surface area contributed by atoms with E-state index in [1.165, 1.54) is 12.1 Å². The highest BCUT2D eigenvalue weighted by Gasteiger charge is 2.48. The Morgan fingerprint density at radius 2 is 2.00 bits per heavy atom. The van der Waals surface area contributed by atoms with E-state index in [2.05, 4.69) is 16.7 Å². The molecule has 2 aromatic carbocycles. The van der Waals surface area contributed by atoms with Gasteiger partial charge in [0.25, 0.3) is 0 Å². The van der Waals surface area contributed by atoms with Crippen LogP contribution in [-0.4, -0.2) is 76.0 Å². The van der Waals surface area contributed by atoms with Crippen LogP contribution in [0, 0.1) is 17.6 Å². The lowest BCUT2D eigenvalue weighted by atomic mass is 9.92. The monoisotopic (exact) mass is 615 g/mol. The van der Waals surface area contributed by atoms with Gasteiger partial charge in [-0.3, -0.25) is 4.90 Å². The third kappa shape index (κ3) is 4.71. The van der Waals surface area contributed by atoms with Crippen molar-refractivity contribution in [3.05, 3.63) is 47.2 Å². The molecule has 2 aromatic heterocycles. The summed E-state index contributed by atoms with van der Waals surface area (Å²) in [5, 5.41) is 12.5. The SMILES string of the molecule is CCc1c(F)ccc2cc(O)cc(-c3nc4c5c(nc(OCC67CCCN6CC(C)C7)nc5c3F)N3CCCOCC3CC4)c12. The van der Waals surface area contributed by atoms with Crippen molar-refractivity contribution in [2.75, 3.05) is 44.4 Å². The smallest absolute Gasteiger partial charge is 0.319 e. The van der Waals surface area contributed by atoms with Gasteiger partial charge in [-0.2, -0.15) is 9.97 Å². The number of phenolic OH excluding ortho intramolecular Hbond substituents is 1. The standard InChI is InChI=1S/C35H39F2N5O3/c1-3-24-26(36)8-6-21-14-23(43)15-25(28(21)24)31-30(37)32-29-27(38-31)9-7-22-18-44-13-5-12-42(22)33(29)40-34(39-32)45-19-35-10-4-11-41(35)17-20(2)16-35/h6,8,14-15,20,22,43H,3-5,7,9-13,16-19H2,1-2H3. The average molecular weight is 616 g/mol. The number of aromatic nitrogens is 3. The van der Waals surface area contributed by atoms with E-state index in [-0.39, 0.29) is 40.4 Å². The third-order valence-electron chi connectivity index (χ3n) is 10.5. The zero-order chi connectivity index (χ0) is 30.9. The topological polar surface area (TPSA) is 83.8 Å². The van der Waals surface area contributed by atoms with Crippen molar-refractivity contribution in [1.29, 1.82) is 0 Å². The summed E-state index contributed by atoms with van der Waals surface area (Å²) in [5.41, 5.74) is 1.65. The number of hydrogen-bond donors (Lipinski definition) is 1. The fraction of sp³-hybridized carbons (Fsp3) is 0.514. The van der Waals surface area contributed by atoms with Crippen LogP contribution >= 0.6 is 0 Å². The summed E-state index contributed by atoms with van der Waals surface area (Å²) < 4.78 is 44.5. The van der Waals surface area contributed by atoms with Crippen LogP contribution in [0.5, 0.6) is 11.8 Å². The Hall–Kier alpha value is -3.63. The molecule has 0 amide bonds. The first-order valence-corrected chi connectivity index (χ1v) is 16.4. The third-order valence-corrected chi connectivity index (χ3v) is 10.5. The van der Waals surface area contributed by atoms with Gasteiger partial charge in [-0.15, -0.1) is 0 Å². The van der Waals surface area contributed by atoms with Crippen molar-refractivity contribution in [3.8, 4) is 23.0 Å². The Kier molecular flexibility index (Phi) is 7.05.